The van der Waals surface area contributed by atoms with Gasteiger partial charge >= 0.3 is 0 Å². The maximum atomic E-state index is 5.23. The maximum Gasteiger partial charge on any atom is 0.224 e. The van der Waals surface area contributed by atoms with E-state index in [0.717, 1.165) is 24.5 Å². The van der Waals surface area contributed by atoms with E-state index in [2.05, 4.69) is 47.4 Å². The van der Waals surface area contributed by atoms with Crippen LogP contribution >= 0.6 is 0 Å². The Morgan fingerprint density at radius 2 is 2.00 bits per heavy atom. The first-order chi connectivity index (χ1) is 10.5. The summed E-state index contributed by atoms with van der Waals surface area (Å²) in [4.78, 5) is 8.70. The molecule has 22 heavy (non-hydrogen) atoms. The molecule has 0 bridgehead atoms. The fourth-order valence-corrected chi connectivity index (χ4v) is 2.02. The summed E-state index contributed by atoms with van der Waals surface area (Å²) in [6, 6.07) is 9.97. The predicted molar refractivity (Wildman–Crippen MR) is 90.6 cm³/mol. The molecule has 2 N–H and O–H groups in total. The van der Waals surface area contributed by atoms with Gasteiger partial charge < -0.3 is 15.4 Å². The molecule has 0 saturated carbocycles. The topological polar surface area (TPSA) is 59.1 Å². The minimum absolute atomic E-state index is 0.0563. The van der Waals surface area contributed by atoms with E-state index < -0.39 is 0 Å². The first-order valence-electron chi connectivity index (χ1n) is 7.44. The van der Waals surface area contributed by atoms with Gasteiger partial charge in [0.2, 0.25) is 5.95 Å². The Kier molecular flexibility index (Phi) is 5.20. The lowest BCUT2D eigenvalue weighted by Crippen LogP contribution is -2.27. The van der Waals surface area contributed by atoms with Crippen LogP contribution in [0, 0.1) is 0 Å². The second-order valence-corrected chi connectivity index (χ2v) is 6.17. The lowest BCUT2D eigenvalue weighted by atomic mass is 10.1. The zero-order valence-electron chi connectivity index (χ0n) is 13.7. The third kappa shape index (κ3) is 5.24. The minimum Gasteiger partial charge on any atom is -0.497 e. The average molecular weight is 300 g/mol. The zero-order valence-corrected chi connectivity index (χ0v) is 13.7. The molecule has 0 radical (unpaired) electrons. The van der Waals surface area contributed by atoms with Crippen LogP contribution in [0.1, 0.15) is 26.3 Å². The Hall–Kier alpha value is -2.30. The number of methoxy groups -OCH3 is 1. The third-order valence-electron chi connectivity index (χ3n) is 3.00. The first-order valence-corrected chi connectivity index (χ1v) is 7.44. The van der Waals surface area contributed by atoms with Gasteiger partial charge in [0.1, 0.15) is 11.6 Å². The summed E-state index contributed by atoms with van der Waals surface area (Å²) < 4.78 is 5.23. The number of nitrogens with one attached hydrogen (secondary N) is 2. The smallest absolute Gasteiger partial charge is 0.224 e. The minimum atomic E-state index is -0.0563. The van der Waals surface area contributed by atoms with Crippen molar-refractivity contribution in [2.45, 2.75) is 32.7 Å². The van der Waals surface area contributed by atoms with Crippen molar-refractivity contribution in [3.8, 4) is 5.75 Å². The molecule has 0 aliphatic carbocycles. The monoisotopic (exact) mass is 300 g/mol. The number of hydrogen-bond acceptors (Lipinski definition) is 5. The SMILES string of the molecule is COc1cccc(CCNc2ccnc(NC(C)(C)C)n2)c1. The molecule has 0 unspecified atom stereocenters. The van der Waals surface area contributed by atoms with E-state index in [-0.39, 0.29) is 5.54 Å². The predicted octanol–water partition coefficient (Wildman–Crippen LogP) is 3.35. The van der Waals surface area contributed by atoms with Crippen molar-refractivity contribution in [3.63, 3.8) is 0 Å². The van der Waals surface area contributed by atoms with Gasteiger partial charge in [-0.1, -0.05) is 12.1 Å². The van der Waals surface area contributed by atoms with Gasteiger partial charge in [0, 0.05) is 18.3 Å². The van der Waals surface area contributed by atoms with E-state index in [0.29, 0.717) is 5.95 Å². The summed E-state index contributed by atoms with van der Waals surface area (Å²) in [5.41, 5.74) is 1.17. The van der Waals surface area contributed by atoms with Crippen LogP contribution in [0.3, 0.4) is 0 Å². The molecule has 118 valence electrons. The Labute approximate surface area is 132 Å². The van der Waals surface area contributed by atoms with Crippen LogP contribution in [-0.2, 0) is 6.42 Å². The van der Waals surface area contributed by atoms with Gasteiger partial charge in [0.15, 0.2) is 0 Å². The summed E-state index contributed by atoms with van der Waals surface area (Å²) in [5, 5.41) is 6.59. The highest BCUT2D eigenvalue weighted by atomic mass is 16.5. The molecule has 0 fully saturated rings. The van der Waals surface area contributed by atoms with E-state index in [1.807, 2.05) is 24.3 Å². The van der Waals surface area contributed by atoms with Crippen LogP contribution in [-0.4, -0.2) is 29.2 Å². The Balaban J connectivity index is 1.90. The third-order valence-corrected chi connectivity index (χ3v) is 3.00. The van der Waals surface area contributed by atoms with Crippen molar-refractivity contribution < 1.29 is 4.74 Å². The lowest BCUT2D eigenvalue weighted by Gasteiger charge is -2.20. The van der Waals surface area contributed by atoms with Crippen molar-refractivity contribution in [2.24, 2.45) is 0 Å². The van der Waals surface area contributed by atoms with Crippen molar-refractivity contribution in [1.29, 1.82) is 0 Å². The summed E-state index contributed by atoms with van der Waals surface area (Å²) in [6.07, 6.45) is 2.66. The molecule has 2 rings (SSSR count). The van der Waals surface area contributed by atoms with Crippen molar-refractivity contribution in [1.82, 2.24) is 9.97 Å². The van der Waals surface area contributed by atoms with Crippen LogP contribution in [0.25, 0.3) is 0 Å². The Morgan fingerprint density at radius 3 is 2.73 bits per heavy atom. The Morgan fingerprint density at radius 1 is 1.18 bits per heavy atom. The lowest BCUT2D eigenvalue weighted by molar-refractivity contribution is 0.414. The van der Waals surface area contributed by atoms with E-state index in [1.54, 1.807) is 13.3 Å². The standard InChI is InChI=1S/C17H24N4O/c1-17(2,3)21-16-19-11-9-15(20-16)18-10-8-13-6-5-7-14(12-13)22-4/h5-7,9,11-12H,8,10H2,1-4H3,(H2,18,19,20,21). The molecular formula is C17H24N4O. The van der Waals surface area contributed by atoms with Crippen LogP contribution in [0.2, 0.25) is 0 Å². The van der Waals surface area contributed by atoms with Crippen LogP contribution in [0.4, 0.5) is 11.8 Å². The molecule has 1 aromatic heterocycles. The fraction of sp³-hybridized carbons (Fsp3) is 0.412. The normalized spacial score (nSPS) is 11.1. The second-order valence-electron chi connectivity index (χ2n) is 6.17. The molecule has 0 saturated heterocycles. The average Bonchev–Trinajstić information content (AvgIpc) is 2.46. The van der Waals surface area contributed by atoms with Crippen LogP contribution in [0.15, 0.2) is 36.5 Å². The highest BCUT2D eigenvalue weighted by molar-refractivity contribution is 5.40. The van der Waals surface area contributed by atoms with Gasteiger partial charge in [-0.15, -0.1) is 0 Å². The maximum absolute atomic E-state index is 5.23. The fourth-order valence-electron chi connectivity index (χ4n) is 2.02. The van der Waals surface area contributed by atoms with E-state index >= 15 is 0 Å². The molecular weight excluding hydrogens is 276 g/mol. The van der Waals surface area contributed by atoms with Gasteiger partial charge in [-0.2, -0.15) is 4.98 Å². The second kappa shape index (κ2) is 7.11. The number of anilines is 2. The van der Waals surface area contributed by atoms with Crippen molar-refractivity contribution in [3.05, 3.63) is 42.1 Å². The number of hydrogen-bond donors (Lipinski definition) is 2. The quantitative estimate of drug-likeness (QED) is 0.856. The Bertz CT molecular complexity index is 608. The molecule has 5 nitrogen and oxygen atoms in total. The number of aromatic nitrogens is 2. The number of rotatable bonds is 6. The molecule has 0 aliphatic rings. The molecule has 5 heteroatoms. The molecule has 2 aromatic rings. The van der Waals surface area contributed by atoms with Gasteiger partial charge in [-0.3, -0.25) is 0 Å². The van der Waals surface area contributed by atoms with Crippen molar-refractivity contribution in [2.75, 3.05) is 24.3 Å². The van der Waals surface area contributed by atoms with E-state index in [4.69, 9.17) is 4.74 Å². The highest BCUT2D eigenvalue weighted by Gasteiger charge is 2.11. The van der Waals surface area contributed by atoms with Gasteiger partial charge in [-0.05, 0) is 51.0 Å². The summed E-state index contributed by atoms with van der Waals surface area (Å²) in [5.74, 6) is 2.35. The molecule has 0 atom stereocenters. The van der Waals surface area contributed by atoms with E-state index in [1.165, 1.54) is 5.56 Å². The summed E-state index contributed by atoms with van der Waals surface area (Å²) in [6.45, 7) is 7.05. The molecule has 1 aromatic carbocycles. The summed E-state index contributed by atoms with van der Waals surface area (Å²) in [7, 11) is 1.68. The largest absolute Gasteiger partial charge is 0.497 e. The molecule has 0 amide bonds. The van der Waals surface area contributed by atoms with Crippen molar-refractivity contribution >= 4 is 11.8 Å². The van der Waals surface area contributed by atoms with Gasteiger partial charge in [0.25, 0.3) is 0 Å². The molecule has 0 aliphatic heterocycles. The first kappa shape index (κ1) is 16.1. The van der Waals surface area contributed by atoms with Crippen LogP contribution in [0.5, 0.6) is 5.75 Å². The highest BCUT2D eigenvalue weighted by Crippen LogP contribution is 2.14. The van der Waals surface area contributed by atoms with E-state index in [9.17, 15) is 0 Å². The van der Waals surface area contributed by atoms with Crippen LogP contribution < -0.4 is 15.4 Å². The summed E-state index contributed by atoms with van der Waals surface area (Å²) >= 11 is 0. The number of nitrogens with zero attached hydrogens (tertiary/aromatic N) is 2. The van der Waals surface area contributed by atoms with Gasteiger partial charge in [-0.25, -0.2) is 4.98 Å². The number of benzene rings is 1. The van der Waals surface area contributed by atoms with Gasteiger partial charge in [0.05, 0.1) is 7.11 Å². The number of ether oxygens (including phenoxy) is 1. The molecule has 0 spiro atoms. The zero-order chi connectivity index (χ0) is 16.0. The molecule has 1 heterocycles.